The summed E-state index contributed by atoms with van der Waals surface area (Å²) in [6.45, 7) is 4.33. The van der Waals surface area contributed by atoms with Crippen LogP contribution in [0.4, 0.5) is 0 Å². The minimum absolute atomic E-state index is 0.253. The molecule has 0 spiro atoms. The third kappa shape index (κ3) is 7.76. The molecule has 0 heterocycles. The first-order valence-electron chi connectivity index (χ1n) is 5.64. The zero-order valence-corrected chi connectivity index (χ0v) is 13.3. The Morgan fingerprint density at radius 2 is 1.29 bits per heavy atom. The fourth-order valence-electron chi connectivity index (χ4n) is 0.919. The largest absolute Gasteiger partial charge is 0.465 e. The average molecular weight is 374 g/mol. The van der Waals surface area contributed by atoms with Crippen LogP contribution in [-0.4, -0.2) is 34.8 Å². The molecule has 4 nitrogen and oxygen atoms in total. The zero-order valence-electron chi connectivity index (χ0n) is 10.1. The average Bonchev–Trinajstić information content (AvgIpc) is 2.35. The van der Waals surface area contributed by atoms with Gasteiger partial charge in [0.05, 0.1) is 13.2 Å². The van der Waals surface area contributed by atoms with Gasteiger partial charge in [0.25, 0.3) is 0 Å². The number of rotatable bonds is 8. The maximum Gasteiger partial charge on any atom is 0.319 e. The first kappa shape index (κ1) is 16.9. The number of esters is 2. The fourth-order valence-corrected chi connectivity index (χ4v) is 1.18. The number of carbonyl (C=O) groups excluding carboxylic acids is 2. The van der Waals surface area contributed by atoms with Crippen LogP contribution in [-0.2, 0) is 19.1 Å². The first-order chi connectivity index (χ1) is 8.02. The molecule has 0 aromatic carbocycles. The van der Waals surface area contributed by atoms with Crippen molar-refractivity contribution in [3.8, 4) is 0 Å². The van der Waals surface area contributed by atoms with Crippen molar-refractivity contribution in [2.45, 2.75) is 42.8 Å². The summed E-state index contributed by atoms with van der Waals surface area (Å²) >= 11 is 6.39. The van der Waals surface area contributed by atoms with Crippen LogP contribution >= 0.6 is 31.9 Å². The van der Waals surface area contributed by atoms with E-state index in [2.05, 4.69) is 31.9 Å². The van der Waals surface area contributed by atoms with E-state index in [1.54, 1.807) is 0 Å². The van der Waals surface area contributed by atoms with Crippen LogP contribution in [0.3, 0.4) is 0 Å². The van der Waals surface area contributed by atoms with Crippen LogP contribution in [0.15, 0.2) is 0 Å². The normalized spacial score (nSPS) is 13.9. The molecule has 17 heavy (non-hydrogen) atoms. The summed E-state index contributed by atoms with van der Waals surface area (Å²) in [6, 6.07) is 0. The van der Waals surface area contributed by atoms with Gasteiger partial charge < -0.3 is 9.47 Å². The molecule has 0 aliphatic rings. The second-order valence-electron chi connectivity index (χ2n) is 3.44. The van der Waals surface area contributed by atoms with Gasteiger partial charge in [-0.2, -0.15) is 0 Å². The molecule has 0 aromatic rings. The van der Waals surface area contributed by atoms with Gasteiger partial charge in [-0.3, -0.25) is 9.59 Å². The van der Waals surface area contributed by atoms with E-state index < -0.39 is 0 Å². The highest BCUT2D eigenvalue weighted by molar-refractivity contribution is 9.10. The Morgan fingerprint density at radius 3 is 1.59 bits per heavy atom. The van der Waals surface area contributed by atoms with Gasteiger partial charge in [-0.25, -0.2) is 0 Å². The second-order valence-corrected chi connectivity index (χ2v) is 5.65. The van der Waals surface area contributed by atoms with E-state index in [4.69, 9.17) is 9.47 Å². The molecule has 100 valence electrons. The van der Waals surface area contributed by atoms with Crippen molar-refractivity contribution in [3.05, 3.63) is 0 Å². The minimum Gasteiger partial charge on any atom is -0.465 e. The van der Waals surface area contributed by atoms with E-state index in [0.29, 0.717) is 19.3 Å². The molecule has 0 amide bonds. The number of ether oxygens (including phenoxy) is 2. The Hall–Kier alpha value is -0.100. The zero-order chi connectivity index (χ0) is 13.3. The molecule has 2 atom stereocenters. The van der Waals surface area contributed by atoms with Gasteiger partial charge in [0.1, 0.15) is 9.65 Å². The number of alkyl halides is 2. The van der Waals surface area contributed by atoms with E-state index in [0.717, 1.165) is 0 Å². The summed E-state index contributed by atoms with van der Waals surface area (Å²) in [5.41, 5.74) is 0. The van der Waals surface area contributed by atoms with Crippen LogP contribution in [0.1, 0.15) is 33.1 Å². The molecular weight excluding hydrogens is 356 g/mol. The Morgan fingerprint density at radius 1 is 0.941 bits per heavy atom. The lowest BCUT2D eigenvalue weighted by Gasteiger charge is -2.09. The van der Waals surface area contributed by atoms with Gasteiger partial charge in [-0.05, 0) is 12.8 Å². The predicted molar refractivity (Wildman–Crippen MR) is 72.5 cm³/mol. The van der Waals surface area contributed by atoms with Crippen molar-refractivity contribution in [1.29, 1.82) is 0 Å². The molecule has 0 aliphatic heterocycles. The topological polar surface area (TPSA) is 52.6 Å². The third-order valence-electron chi connectivity index (χ3n) is 2.01. The summed E-state index contributed by atoms with van der Waals surface area (Å²) < 4.78 is 9.95. The van der Waals surface area contributed by atoms with E-state index in [9.17, 15) is 9.59 Å². The van der Waals surface area contributed by atoms with Crippen molar-refractivity contribution < 1.29 is 19.1 Å². The Bertz CT molecular complexity index is 222. The molecule has 0 saturated carbocycles. The van der Waals surface area contributed by atoms with Crippen LogP contribution in [0, 0.1) is 0 Å². The Labute approximate surface area is 119 Å². The van der Waals surface area contributed by atoms with Crippen LogP contribution < -0.4 is 0 Å². The summed E-state index contributed by atoms with van der Waals surface area (Å²) in [5, 5.41) is 0. The van der Waals surface area contributed by atoms with Crippen LogP contribution in [0.5, 0.6) is 0 Å². The molecule has 0 N–H and O–H groups in total. The van der Waals surface area contributed by atoms with Gasteiger partial charge in [-0.15, -0.1) is 0 Å². The van der Waals surface area contributed by atoms with Gasteiger partial charge in [0.2, 0.25) is 0 Å². The van der Waals surface area contributed by atoms with Crippen molar-refractivity contribution in [2.75, 3.05) is 13.2 Å². The highest BCUT2D eigenvalue weighted by Gasteiger charge is 2.15. The van der Waals surface area contributed by atoms with Crippen LogP contribution in [0.25, 0.3) is 0 Å². The van der Waals surface area contributed by atoms with E-state index in [1.165, 1.54) is 0 Å². The van der Waals surface area contributed by atoms with E-state index >= 15 is 0 Å². The van der Waals surface area contributed by atoms with Crippen molar-refractivity contribution in [3.63, 3.8) is 0 Å². The summed E-state index contributed by atoms with van der Waals surface area (Å²) in [6.07, 6.45) is 1.90. The molecular formula is C11H18Br2O4. The van der Waals surface area contributed by atoms with Gasteiger partial charge in [0, 0.05) is 6.42 Å². The van der Waals surface area contributed by atoms with Gasteiger partial charge >= 0.3 is 11.9 Å². The molecule has 0 aliphatic carbocycles. The number of hydrogen-bond acceptors (Lipinski definition) is 4. The predicted octanol–water partition coefficient (Wildman–Crippen LogP) is 2.81. The maximum absolute atomic E-state index is 11.2. The maximum atomic E-state index is 11.2. The lowest BCUT2D eigenvalue weighted by molar-refractivity contribution is -0.145. The van der Waals surface area contributed by atoms with Gasteiger partial charge in [0.15, 0.2) is 0 Å². The van der Waals surface area contributed by atoms with Crippen LogP contribution in [0.2, 0.25) is 0 Å². The summed E-state index contributed by atoms with van der Waals surface area (Å²) in [7, 11) is 0. The molecule has 6 heteroatoms. The first-order valence-corrected chi connectivity index (χ1v) is 7.47. The summed E-state index contributed by atoms with van der Waals surface area (Å²) in [4.78, 5) is 22.0. The van der Waals surface area contributed by atoms with E-state index in [-0.39, 0.29) is 34.8 Å². The minimum atomic E-state index is -0.272. The smallest absolute Gasteiger partial charge is 0.319 e. The lowest BCUT2D eigenvalue weighted by Crippen LogP contribution is -2.20. The molecule has 0 saturated heterocycles. The van der Waals surface area contributed by atoms with Gasteiger partial charge in [-0.1, -0.05) is 45.7 Å². The van der Waals surface area contributed by atoms with E-state index in [1.807, 2.05) is 13.8 Å². The Kier molecular flexibility index (Phi) is 9.82. The monoisotopic (exact) mass is 372 g/mol. The SMILES string of the molecule is CCC(Br)C(=O)OCCCOC(=O)C(Br)CC. The highest BCUT2D eigenvalue weighted by Crippen LogP contribution is 2.08. The molecule has 0 aromatic heterocycles. The fraction of sp³-hybridized carbons (Fsp3) is 0.818. The highest BCUT2D eigenvalue weighted by atomic mass is 79.9. The molecule has 0 radical (unpaired) electrons. The lowest BCUT2D eigenvalue weighted by atomic mass is 10.3. The summed E-state index contributed by atoms with van der Waals surface area (Å²) in [5.74, 6) is -0.545. The standard InChI is InChI=1S/C11H18Br2O4/c1-3-8(12)10(14)16-6-5-7-17-11(15)9(13)4-2/h8-9H,3-7H2,1-2H3. The quantitative estimate of drug-likeness (QED) is 0.373. The number of halogens is 2. The van der Waals surface area contributed by atoms with Crippen molar-refractivity contribution in [2.24, 2.45) is 0 Å². The number of hydrogen-bond donors (Lipinski definition) is 0. The third-order valence-corrected chi connectivity index (χ3v) is 4.05. The molecule has 0 fully saturated rings. The second kappa shape index (κ2) is 9.88. The molecule has 2 unspecified atom stereocenters. The Balaban J connectivity index is 3.53. The van der Waals surface area contributed by atoms with Crippen molar-refractivity contribution in [1.82, 2.24) is 0 Å². The number of carbonyl (C=O) groups is 2. The molecule has 0 bridgehead atoms. The molecule has 0 rings (SSSR count). The van der Waals surface area contributed by atoms with Crippen molar-refractivity contribution >= 4 is 43.8 Å².